The van der Waals surface area contributed by atoms with E-state index >= 15 is 0 Å². The van der Waals surface area contributed by atoms with E-state index < -0.39 is 30.7 Å². The van der Waals surface area contributed by atoms with Crippen molar-refractivity contribution in [2.45, 2.75) is 51.3 Å². The number of carbonyl (C=O) groups excluding carboxylic acids is 2. The van der Waals surface area contributed by atoms with Crippen molar-refractivity contribution in [3.05, 3.63) is 76.7 Å². The van der Waals surface area contributed by atoms with Crippen LogP contribution in [0.4, 0.5) is 17.6 Å². The number of nitrogens with zero attached hydrogens (tertiary/aromatic N) is 1. The normalized spacial score (nSPS) is 19.3. The summed E-state index contributed by atoms with van der Waals surface area (Å²) in [4.78, 5) is 30.9. The third-order valence-electron chi connectivity index (χ3n) is 8.56. The minimum Gasteiger partial charge on any atom is -0.437 e. The molecular weight excluding hydrogens is 552 g/mol. The Morgan fingerprint density at radius 2 is 1.76 bits per heavy atom. The number of amides is 1. The Kier molecular flexibility index (Phi) is 6.92. The van der Waals surface area contributed by atoms with Crippen molar-refractivity contribution in [2.75, 3.05) is 7.05 Å². The van der Waals surface area contributed by atoms with Gasteiger partial charge in [-0.1, -0.05) is 12.1 Å². The summed E-state index contributed by atoms with van der Waals surface area (Å²) in [5, 5.41) is 12.8. The lowest BCUT2D eigenvalue weighted by molar-refractivity contribution is -0.134. The maximum Gasteiger partial charge on any atom is 0.389 e. The molecule has 2 bridgehead atoms. The lowest BCUT2D eigenvalue weighted by Crippen LogP contribution is -2.52. The lowest BCUT2D eigenvalue weighted by Gasteiger charge is -2.62. The van der Waals surface area contributed by atoms with Crippen LogP contribution in [-0.4, -0.2) is 35.0 Å². The van der Waals surface area contributed by atoms with E-state index in [0.717, 1.165) is 19.3 Å². The maximum atomic E-state index is 13.6. The highest BCUT2D eigenvalue weighted by atomic mass is 19.4. The lowest BCUT2D eigenvalue weighted by atomic mass is 9.43. The zero-order chi connectivity index (χ0) is 29.8. The summed E-state index contributed by atoms with van der Waals surface area (Å²) < 4.78 is 59.5. The number of furan rings is 1. The number of rotatable bonds is 9. The number of benzene rings is 2. The number of hydrogen-bond acceptors (Lipinski definition) is 5. The first-order valence-electron chi connectivity index (χ1n) is 13.8. The Hall–Kier alpha value is -4.05. The van der Waals surface area contributed by atoms with Crippen LogP contribution in [0.5, 0.6) is 0 Å². The Bertz CT molecular complexity index is 1690. The van der Waals surface area contributed by atoms with Crippen LogP contribution in [0.1, 0.15) is 64.1 Å². The number of aryl methyl sites for hydroxylation is 1. The number of hydrogen-bond donors (Lipinski definition) is 2. The molecule has 0 spiro atoms. The number of alkyl halides is 3. The van der Waals surface area contributed by atoms with Gasteiger partial charge in [0.25, 0.3) is 5.91 Å². The van der Waals surface area contributed by atoms with Crippen LogP contribution in [0.15, 0.2) is 52.9 Å². The van der Waals surface area contributed by atoms with E-state index in [-0.39, 0.29) is 45.9 Å². The number of ketones is 1. The van der Waals surface area contributed by atoms with Gasteiger partial charge in [0, 0.05) is 36.6 Å². The highest BCUT2D eigenvalue weighted by Crippen LogP contribution is 2.66. The zero-order valence-corrected chi connectivity index (χ0v) is 22.8. The molecule has 0 aliphatic heterocycles. The summed E-state index contributed by atoms with van der Waals surface area (Å²) in [7, 11) is 1.43. The van der Waals surface area contributed by atoms with Crippen molar-refractivity contribution in [1.82, 2.24) is 10.3 Å². The van der Waals surface area contributed by atoms with Gasteiger partial charge in [-0.15, -0.1) is 0 Å². The second-order valence-corrected chi connectivity index (χ2v) is 11.5. The number of aliphatic hydroxyl groups excluding tert-OH is 1. The van der Waals surface area contributed by atoms with Crippen LogP contribution >= 0.6 is 0 Å². The second kappa shape index (κ2) is 10.3. The monoisotopic (exact) mass is 580 g/mol. The molecule has 42 heavy (non-hydrogen) atoms. The van der Waals surface area contributed by atoms with Gasteiger partial charge >= 0.3 is 6.18 Å². The van der Waals surface area contributed by atoms with E-state index in [1.54, 1.807) is 24.3 Å². The molecular formula is C32H28F4N2O4. The third kappa shape index (κ3) is 5.08. The van der Waals surface area contributed by atoms with Crippen LogP contribution in [0, 0.1) is 17.2 Å². The van der Waals surface area contributed by atoms with Crippen LogP contribution in [0.25, 0.3) is 33.6 Å². The number of aromatic nitrogens is 1. The number of Topliss-reactive ketones (excluding diaryl/α,β-unsaturated/α-hetero) is 1. The van der Waals surface area contributed by atoms with Gasteiger partial charge in [-0.2, -0.15) is 13.2 Å². The van der Waals surface area contributed by atoms with Crippen molar-refractivity contribution in [1.29, 1.82) is 0 Å². The van der Waals surface area contributed by atoms with Crippen LogP contribution in [0.3, 0.4) is 0 Å². The van der Waals surface area contributed by atoms with Gasteiger partial charge in [-0.05, 0) is 84.5 Å². The summed E-state index contributed by atoms with van der Waals surface area (Å²) in [5.41, 5.74) is 2.07. The molecule has 3 aliphatic carbocycles. The standard InChI is InChI=1S/C32H28F4N2O4/c1-37-29(41)27-24-11-22(19-2-3-20(16-39)23(10-19)26(40)15-31-12-17(13-31)14-31)25(8-9-32(34,35)36)38-30(24)42-28(27)18-4-6-21(33)7-5-18/h2-7,10-11,17,39H,8-9,12-16H2,1H3,(H,37,41). The number of pyridine rings is 1. The van der Waals surface area contributed by atoms with Crippen molar-refractivity contribution in [3.63, 3.8) is 0 Å². The van der Waals surface area contributed by atoms with Crippen molar-refractivity contribution in [3.8, 4) is 22.5 Å². The molecule has 6 nitrogen and oxygen atoms in total. The predicted molar refractivity (Wildman–Crippen MR) is 147 cm³/mol. The van der Waals surface area contributed by atoms with Gasteiger partial charge in [0.05, 0.1) is 23.3 Å². The SMILES string of the molecule is CNC(=O)c1c(-c2ccc(F)cc2)oc2nc(CCC(F)(F)F)c(-c3ccc(CO)c(C(=O)CC45CC(C4)C5)c3)cc12. The summed E-state index contributed by atoms with van der Waals surface area (Å²) in [6.45, 7) is -0.362. The largest absolute Gasteiger partial charge is 0.437 e. The van der Waals surface area contributed by atoms with Gasteiger partial charge < -0.3 is 14.8 Å². The van der Waals surface area contributed by atoms with E-state index in [4.69, 9.17) is 4.42 Å². The molecule has 3 fully saturated rings. The molecule has 0 saturated heterocycles. The van der Waals surface area contributed by atoms with Crippen molar-refractivity contribution >= 4 is 22.8 Å². The highest BCUT2D eigenvalue weighted by molar-refractivity contribution is 6.11. The van der Waals surface area contributed by atoms with E-state index in [0.29, 0.717) is 40.2 Å². The third-order valence-corrected chi connectivity index (χ3v) is 8.56. The second-order valence-electron chi connectivity index (χ2n) is 11.5. The fourth-order valence-corrected chi connectivity index (χ4v) is 6.37. The molecule has 2 aromatic heterocycles. The molecule has 2 heterocycles. The molecule has 218 valence electrons. The van der Waals surface area contributed by atoms with Crippen LogP contribution in [0.2, 0.25) is 0 Å². The number of carbonyl (C=O) groups is 2. The molecule has 3 saturated carbocycles. The average Bonchev–Trinajstić information content (AvgIpc) is 3.30. The van der Waals surface area contributed by atoms with Crippen LogP contribution < -0.4 is 5.32 Å². The molecule has 2 aromatic carbocycles. The van der Waals surface area contributed by atoms with Gasteiger partial charge in [0.15, 0.2) is 5.78 Å². The predicted octanol–water partition coefficient (Wildman–Crippen LogP) is 7.02. The minimum atomic E-state index is -4.45. The molecule has 1 amide bonds. The minimum absolute atomic E-state index is 0.0266. The Labute approximate surface area is 238 Å². The first kappa shape index (κ1) is 28.1. The van der Waals surface area contributed by atoms with Crippen LogP contribution in [-0.2, 0) is 13.0 Å². The summed E-state index contributed by atoms with van der Waals surface area (Å²) in [5.74, 6) is -0.329. The highest BCUT2D eigenvalue weighted by Gasteiger charge is 2.57. The number of aliphatic hydroxyl groups is 1. The fourth-order valence-electron chi connectivity index (χ4n) is 6.37. The number of fused-ring (bicyclic) bond motifs is 1. The molecule has 7 rings (SSSR count). The Morgan fingerprint density at radius 1 is 1.07 bits per heavy atom. The quantitative estimate of drug-likeness (QED) is 0.164. The van der Waals surface area contributed by atoms with Gasteiger partial charge in [0.1, 0.15) is 11.6 Å². The van der Waals surface area contributed by atoms with Gasteiger partial charge in [0.2, 0.25) is 5.71 Å². The summed E-state index contributed by atoms with van der Waals surface area (Å²) >= 11 is 0. The number of halogens is 4. The number of nitrogens with one attached hydrogen (secondary N) is 1. The van der Waals surface area contributed by atoms with E-state index in [9.17, 15) is 32.3 Å². The Balaban J connectivity index is 1.51. The first-order chi connectivity index (χ1) is 20.0. The van der Waals surface area contributed by atoms with Gasteiger partial charge in [-0.3, -0.25) is 9.59 Å². The molecule has 0 radical (unpaired) electrons. The zero-order valence-electron chi connectivity index (χ0n) is 22.8. The van der Waals surface area contributed by atoms with Crippen molar-refractivity contribution < 1.29 is 36.7 Å². The summed E-state index contributed by atoms with van der Waals surface area (Å²) in [6.07, 6.45) is -2.63. The summed E-state index contributed by atoms with van der Waals surface area (Å²) in [6, 6.07) is 11.7. The molecule has 0 atom stereocenters. The Morgan fingerprint density at radius 3 is 2.36 bits per heavy atom. The van der Waals surface area contributed by atoms with E-state index in [1.807, 2.05) is 0 Å². The topological polar surface area (TPSA) is 92.4 Å². The fraction of sp³-hybridized carbons (Fsp3) is 0.344. The molecule has 0 unspecified atom stereocenters. The molecule has 3 aliphatic rings. The van der Waals surface area contributed by atoms with E-state index in [2.05, 4.69) is 10.3 Å². The average molecular weight is 581 g/mol. The van der Waals surface area contributed by atoms with Crippen molar-refractivity contribution in [2.24, 2.45) is 11.3 Å². The van der Waals surface area contributed by atoms with Gasteiger partial charge in [-0.25, -0.2) is 9.37 Å². The molecule has 2 N–H and O–H groups in total. The maximum absolute atomic E-state index is 13.6. The first-order valence-corrected chi connectivity index (χ1v) is 13.8. The van der Waals surface area contributed by atoms with E-state index in [1.165, 1.54) is 31.3 Å². The smallest absolute Gasteiger partial charge is 0.389 e. The molecule has 10 heteroatoms. The molecule has 4 aromatic rings.